The SMILES string of the molecule is CCCCCCCCCCCC(CCCC(O)CCCCC)S(=O)(=O)[O-].[Na+]. The summed E-state index contributed by atoms with van der Waals surface area (Å²) < 4.78 is 34.4. The molecule has 0 aliphatic heterocycles. The largest absolute Gasteiger partial charge is 1.00 e. The molecule has 0 aromatic rings. The molecule has 4 nitrogen and oxygen atoms in total. The summed E-state index contributed by atoms with van der Waals surface area (Å²) in [6.45, 7) is 4.34. The fraction of sp³-hybridized carbons (Fsp3) is 1.00. The van der Waals surface area contributed by atoms with Gasteiger partial charge < -0.3 is 9.66 Å². The van der Waals surface area contributed by atoms with Crippen LogP contribution in [0.25, 0.3) is 0 Å². The van der Waals surface area contributed by atoms with Crippen molar-refractivity contribution in [3.05, 3.63) is 0 Å². The van der Waals surface area contributed by atoms with E-state index >= 15 is 0 Å². The van der Waals surface area contributed by atoms with Crippen molar-refractivity contribution in [2.45, 2.75) is 134 Å². The Bertz CT molecular complexity index is 401. The van der Waals surface area contributed by atoms with Crippen LogP contribution in [0.3, 0.4) is 0 Å². The van der Waals surface area contributed by atoms with Crippen molar-refractivity contribution in [1.29, 1.82) is 0 Å². The molecule has 0 amide bonds. The molecule has 0 aromatic heterocycles. The van der Waals surface area contributed by atoms with Crippen LogP contribution >= 0.6 is 0 Å². The van der Waals surface area contributed by atoms with Gasteiger partial charge in [-0.05, 0) is 32.1 Å². The number of unbranched alkanes of at least 4 members (excludes halogenated alkanes) is 10. The molecule has 27 heavy (non-hydrogen) atoms. The number of rotatable bonds is 19. The van der Waals surface area contributed by atoms with E-state index in [2.05, 4.69) is 13.8 Å². The van der Waals surface area contributed by atoms with E-state index in [1.807, 2.05) is 0 Å². The Kier molecular flexibility index (Phi) is 22.4. The van der Waals surface area contributed by atoms with E-state index in [0.717, 1.165) is 44.9 Å². The third-order valence-electron chi connectivity index (χ3n) is 5.24. The van der Waals surface area contributed by atoms with Crippen molar-refractivity contribution in [3.8, 4) is 0 Å². The molecule has 0 aliphatic rings. The molecule has 0 spiro atoms. The fourth-order valence-corrected chi connectivity index (χ4v) is 4.38. The number of aliphatic hydroxyl groups is 1. The van der Waals surface area contributed by atoms with Crippen molar-refractivity contribution >= 4 is 10.1 Å². The molecule has 0 fully saturated rings. The summed E-state index contributed by atoms with van der Waals surface area (Å²) in [6, 6.07) is 0. The summed E-state index contributed by atoms with van der Waals surface area (Å²) in [5.41, 5.74) is 0. The van der Waals surface area contributed by atoms with Crippen molar-refractivity contribution < 1.29 is 47.6 Å². The average molecular weight is 415 g/mol. The van der Waals surface area contributed by atoms with Crippen LogP contribution < -0.4 is 29.6 Å². The van der Waals surface area contributed by atoms with Gasteiger partial charge in [-0.1, -0.05) is 90.9 Å². The quantitative estimate of drug-likeness (QED) is 0.200. The second-order valence-electron chi connectivity index (χ2n) is 7.81. The molecule has 2 unspecified atom stereocenters. The van der Waals surface area contributed by atoms with Crippen LogP contribution in [-0.2, 0) is 10.1 Å². The molecule has 158 valence electrons. The topological polar surface area (TPSA) is 77.4 Å². The molecule has 1 N–H and O–H groups in total. The van der Waals surface area contributed by atoms with Gasteiger partial charge in [0.1, 0.15) is 0 Å². The Morgan fingerprint density at radius 1 is 0.667 bits per heavy atom. The maximum absolute atomic E-state index is 11.5. The molecule has 0 aromatic carbocycles. The summed E-state index contributed by atoms with van der Waals surface area (Å²) in [5.74, 6) is 0. The zero-order valence-corrected chi connectivity index (χ0v) is 21.1. The number of aliphatic hydroxyl groups excluding tert-OH is 1. The molecule has 0 saturated heterocycles. The molecule has 2 atom stereocenters. The predicted octanol–water partition coefficient (Wildman–Crippen LogP) is 2.94. The Morgan fingerprint density at radius 3 is 1.56 bits per heavy atom. The van der Waals surface area contributed by atoms with Crippen molar-refractivity contribution in [1.82, 2.24) is 0 Å². The van der Waals surface area contributed by atoms with E-state index in [4.69, 9.17) is 0 Å². The predicted molar refractivity (Wildman–Crippen MR) is 109 cm³/mol. The van der Waals surface area contributed by atoms with Gasteiger partial charge in [-0.15, -0.1) is 0 Å². The van der Waals surface area contributed by atoms with Crippen LogP contribution in [0.15, 0.2) is 0 Å². The van der Waals surface area contributed by atoms with Gasteiger partial charge in [0.05, 0.1) is 16.2 Å². The van der Waals surface area contributed by atoms with Crippen molar-refractivity contribution in [3.63, 3.8) is 0 Å². The fourth-order valence-electron chi connectivity index (χ4n) is 3.47. The van der Waals surface area contributed by atoms with Gasteiger partial charge in [0.25, 0.3) is 0 Å². The molecule has 0 saturated carbocycles. The maximum atomic E-state index is 11.5. The first kappa shape index (κ1) is 30.1. The molecule has 0 radical (unpaired) electrons. The second-order valence-corrected chi connectivity index (χ2v) is 9.46. The van der Waals surface area contributed by atoms with Crippen molar-refractivity contribution in [2.24, 2.45) is 0 Å². The summed E-state index contributed by atoms with van der Waals surface area (Å²) >= 11 is 0. The number of hydrogen-bond acceptors (Lipinski definition) is 4. The van der Waals surface area contributed by atoms with Crippen LogP contribution in [0.2, 0.25) is 0 Å². The number of hydrogen-bond donors (Lipinski definition) is 1. The first-order valence-electron chi connectivity index (χ1n) is 11.0. The van der Waals surface area contributed by atoms with Gasteiger partial charge in [0, 0.05) is 5.25 Å². The Balaban J connectivity index is 0. The minimum absolute atomic E-state index is 0. The van der Waals surface area contributed by atoms with Crippen LogP contribution in [0.5, 0.6) is 0 Å². The van der Waals surface area contributed by atoms with Gasteiger partial charge in [0.15, 0.2) is 0 Å². The second kappa shape index (κ2) is 20.2. The molecule has 0 aliphatic carbocycles. The van der Waals surface area contributed by atoms with Crippen molar-refractivity contribution in [2.75, 3.05) is 0 Å². The maximum Gasteiger partial charge on any atom is 1.00 e. The molecular weight excluding hydrogens is 371 g/mol. The first-order chi connectivity index (χ1) is 12.4. The van der Waals surface area contributed by atoms with E-state index < -0.39 is 15.4 Å². The van der Waals surface area contributed by atoms with Crippen LogP contribution in [-0.4, -0.2) is 29.4 Å². The van der Waals surface area contributed by atoms with E-state index in [1.165, 1.54) is 38.5 Å². The summed E-state index contributed by atoms with van der Waals surface area (Å²) in [5, 5.41) is 9.15. The first-order valence-corrected chi connectivity index (χ1v) is 12.5. The summed E-state index contributed by atoms with van der Waals surface area (Å²) in [6.07, 6.45) is 16.4. The molecule has 0 bridgehead atoms. The normalized spacial score (nSPS) is 13.9. The summed E-state index contributed by atoms with van der Waals surface area (Å²) in [4.78, 5) is 0. The molecule has 0 rings (SSSR count). The van der Waals surface area contributed by atoms with Gasteiger partial charge in [-0.2, -0.15) is 0 Å². The zero-order valence-electron chi connectivity index (χ0n) is 18.3. The average Bonchev–Trinajstić information content (AvgIpc) is 2.58. The van der Waals surface area contributed by atoms with E-state index in [9.17, 15) is 18.1 Å². The Morgan fingerprint density at radius 2 is 1.04 bits per heavy atom. The smallest absolute Gasteiger partial charge is 0.748 e. The van der Waals surface area contributed by atoms with E-state index in [0.29, 0.717) is 25.7 Å². The minimum Gasteiger partial charge on any atom is -0.748 e. The Labute approximate surface area is 191 Å². The van der Waals surface area contributed by atoms with Gasteiger partial charge >= 0.3 is 29.6 Å². The third kappa shape index (κ3) is 19.9. The third-order valence-corrected chi connectivity index (χ3v) is 6.53. The molecule has 0 heterocycles. The van der Waals surface area contributed by atoms with Crippen LogP contribution in [0, 0.1) is 0 Å². The minimum atomic E-state index is -4.22. The zero-order chi connectivity index (χ0) is 19.7. The monoisotopic (exact) mass is 414 g/mol. The summed E-state index contributed by atoms with van der Waals surface area (Å²) in [7, 11) is -4.22. The Hall–Kier alpha value is 0.870. The van der Waals surface area contributed by atoms with Gasteiger partial charge in [0.2, 0.25) is 0 Å². The van der Waals surface area contributed by atoms with Gasteiger partial charge in [-0.3, -0.25) is 0 Å². The van der Waals surface area contributed by atoms with Gasteiger partial charge in [-0.25, -0.2) is 8.42 Å². The standard InChI is InChI=1S/C21H44O4S.Na/c1-3-5-7-8-9-10-11-12-14-18-21(26(23,24)25)19-15-17-20(22)16-13-6-4-2;/h20-22H,3-19H2,1-2H3,(H,23,24,25);/q;+1/p-1. The molecular formula is C21H43NaO4S. The van der Waals surface area contributed by atoms with E-state index in [1.54, 1.807) is 0 Å². The van der Waals surface area contributed by atoms with E-state index in [-0.39, 0.29) is 35.7 Å². The van der Waals surface area contributed by atoms with Crippen LogP contribution in [0.1, 0.15) is 123 Å². The molecule has 6 heteroatoms. The van der Waals surface area contributed by atoms with Crippen LogP contribution in [0.4, 0.5) is 0 Å².